The quantitative estimate of drug-likeness (QED) is 0.772. The van der Waals surface area contributed by atoms with Gasteiger partial charge in [-0.25, -0.2) is 0 Å². The van der Waals surface area contributed by atoms with Gasteiger partial charge >= 0.3 is 0 Å². The smallest absolute Gasteiger partial charge is 0.225 e. The van der Waals surface area contributed by atoms with Gasteiger partial charge in [-0.05, 0) is 30.5 Å². The molecule has 1 unspecified atom stereocenters. The fourth-order valence-electron chi connectivity index (χ4n) is 2.13. The molecule has 0 aliphatic carbocycles. The topological polar surface area (TPSA) is 46.3 Å². The Morgan fingerprint density at radius 3 is 2.75 bits per heavy atom. The molecule has 1 aromatic rings. The number of nitrogen functional groups attached to an aromatic ring is 1. The summed E-state index contributed by atoms with van der Waals surface area (Å²) in [4.78, 5) is 13.8. The summed E-state index contributed by atoms with van der Waals surface area (Å²) in [5.74, 6) is 0.464. The summed E-state index contributed by atoms with van der Waals surface area (Å²) >= 11 is 0. The zero-order valence-electron chi connectivity index (χ0n) is 9.65. The lowest BCUT2D eigenvalue weighted by Gasteiger charge is -2.30. The number of rotatable bonds is 2. The SMILES string of the molecule is CC1CCCN(Cc2ccc(N)cc2)C1=O. The average molecular weight is 218 g/mol. The highest BCUT2D eigenvalue weighted by Gasteiger charge is 2.24. The van der Waals surface area contributed by atoms with Gasteiger partial charge in [-0.3, -0.25) is 4.79 Å². The van der Waals surface area contributed by atoms with Crippen LogP contribution in [0, 0.1) is 5.92 Å². The van der Waals surface area contributed by atoms with E-state index < -0.39 is 0 Å². The van der Waals surface area contributed by atoms with Gasteiger partial charge in [0.1, 0.15) is 0 Å². The lowest BCUT2D eigenvalue weighted by Crippen LogP contribution is -2.39. The molecule has 0 radical (unpaired) electrons. The van der Waals surface area contributed by atoms with E-state index in [-0.39, 0.29) is 11.8 Å². The Balaban J connectivity index is 2.03. The first kappa shape index (κ1) is 11.0. The summed E-state index contributed by atoms with van der Waals surface area (Å²) in [6.07, 6.45) is 2.14. The Morgan fingerprint density at radius 2 is 2.06 bits per heavy atom. The Morgan fingerprint density at radius 1 is 1.38 bits per heavy atom. The standard InChI is InChI=1S/C13H18N2O/c1-10-3-2-8-15(13(10)16)9-11-4-6-12(14)7-5-11/h4-7,10H,2-3,8-9,14H2,1H3. The first-order chi connectivity index (χ1) is 7.66. The molecule has 1 fully saturated rings. The second-order valence-corrected chi connectivity index (χ2v) is 4.54. The Kier molecular flexibility index (Phi) is 3.13. The molecule has 0 aromatic heterocycles. The van der Waals surface area contributed by atoms with E-state index in [0.717, 1.165) is 30.6 Å². The Labute approximate surface area is 96.2 Å². The van der Waals surface area contributed by atoms with Crippen molar-refractivity contribution >= 4 is 11.6 Å². The third kappa shape index (κ3) is 2.35. The molecule has 3 nitrogen and oxygen atoms in total. The number of hydrogen-bond donors (Lipinski definition) is 1. The van der Waals surface area contributed by atoms with Crippen LogP contribution in [-0.2, 0) is 11.3 Å². The van der Waals surface area contributed by atoms with E-state index in [4.69, 9.17) is 5.73 Å². The van der Waals surface area contributed by atoms with Crippen LogP contribution in [0.3, 0.4) is 0 Å². The van der Waals surface area contributed by atoms with Crippen LogP contribution in [0.15, 0.2) is 24.3 Å². The number of hydrogen-bond acceptors (Lipinski definition) is 2. The Bertz CT molecular complexity index is 372. The fraction of sp³-hybridized carbons (Fsp3) is 0.462. The number of nitrogens with zero attached hydrogens (tertiary/aromatic N) is 1. The first-order valence-corrected chi connectivity index (χ1v) is 5.80. The summed E-state index contributed by atoms with van der Waals surface area (Å²) in [7, 11) is 0. The molecule has 86 valence electrons. The number of piperidine rings is 1. The maximum absolute atomic E-state index is 11.9. The van der Waals surface area contributed by atoms with E-state index in [1.807, 2.05) is 36.1 Å². The van der Waals surface area contributed by atoms with Gasteiger partial charge in [-0.2, -0.15) is 0 Å². The molecule has 1 amide bonds. The molecule has 2 N–H and O–H groups in total. The normalized spacial score (nSPS) is 21.2. The zero-order valence-corrected chi connectivity index (χ0v) is 9.65. The van der Waals surface area contributed by atoms with Crippen LogP contribution in [0.1, 0.15) is 25.3 Å². The zero-order chi connectivity index (χ0) is 11.5. The van der Waals surface area contributed by atoms with Gasteiger partial charge in [0.2, 0.25) is 5.91 Å². The molecule has 1 atom stereocenters. The third-order valence-corrected chi connectivity index (χ3v) is 3.15. The van der Waals surface area contributed by atoms with Gasteiger partial charge in [0, 0.05) is 24.7 Å². The lowest BCUT2D eigenvalue weighted by molar-refractivity contribution is -0.138. The summed E-state index contributed by atoms with van der Waals surface area (Å²) < 4.78 is 0. The van der Waals surface area contributed by atoms with Crippen molar-refractivity contribution in [2.45, 2.75) is 26.3 Å². The molecule has 1 aliphatic heterocycles. The van der Waals surface area contributed by atoms with Crippen molar-refractivity contribution in [3.8, 4) is 0 Å². The van der Waals surface area contributed by atoms with E-state index in [2.05, 4.69) is 0 Å². The van der Waals surface area contributed by atoms with Crippen molar-refractivity contribution in [1.82, 2.24) is 4.90 Å². The monoisotopic (exact) mass is 218 g/mol. The summed E-state index contributed by atoms with van der Waals surface area (Å²) in [6, 6.07) is 7.74. The minimum Gasteiger partial charge on any atom is -0.399 e. The van der Waals surface area contributed by atoms with Crippen molar-refractivity contribution in [3.05, 3.63) is 29.8 Å². The molecule has 0 spiro atoms. The van der Waals surface area contributed by atoms with E-state index >= 15 is 0 Å². The third-order valence-electron chi connectivity index (χ3n) is 3.15. The molecule has 0 bridgehead atoms. The first-order valence-electron chi connectivity index (χ1n) is 5.80. The molecule has 1 heterocycles. The Hall–Kier alpha value is -1.51. The van der Waals surface area contributed by atoms with Crippen molar-refractivity contribution in [3.63, 3.8) is 0 Å². The molecule has 0 saturated carbocycles. The van der Waals surface area contributed by atoms with Crippen LogP contribution >= 0.6 is 0 Å². The molecule has 1 aromatic carbocycles. The maximum Gasteiger partial charge on any atom is 0.225 e. The number of carbonyl (C=O) groups excluding carboxylic acids is 1. The molecule has 16 heavy (non-hydrogen) atoms. The van der Waals surface area contributed by atoms with Gasteiger partial charge in [0.05, 0.1) is 0 Å². The van der Waals surface area contributed by atoms with Gasteiger partial charge in [0.15, 0.2) is 0 Å². The molecule has 2 rings (SSSR count). The van der Waals surface area contributed by atoms with Gasteiger partial charge in [-0.1, -0.05) is 19.1 Å². The van der Waals surface area contributed by atoms with Gasteiger partial charge < -0.3 is 10.6 Å². The highest BCUT2D eigenvalue weighted by atomic mass is 16.2. The van der Waals surface area contributed by atoms with Crippen molar-refractivity contribution < 1.29 is 4.79 Å². The lowest BCUT2D eigenvalue weighted by atomic mass is 9.98. The predicted molar refractivity (Wildman–Crippen MR) is 64.7 cm³/mol. The summed E-state index contributed by atoms with van der Waals surface area (Å²) in [5, 5.41) is 0. The number of carbonyl (C=O) groups is 1. The minimum absolute atomic E-state index is 0.183. The maximum atomic E-state index is 11.9. The van der Waals surface area contributed by atoms with Crippen molar-refractivity contribution in [2.24, 2.45) is 5.92 Å². The van der Waals surface area contributed by atoms with Gasteiger partial charge in [-0.15, -0.1) is 0 Å². The number of nitrogens with two attached hydrogens (primary N) is 1. The van der Waals surface area contributed by atoms with E-state index in [1.165, 1.54) is 0 Å². The summed E-state index contributed by atoms with van der Waals surface area (Å²) in [5.41, 5.74) is 7.54. The second-order valence-electron chi connectivity index (χ2n) is 4.54. The van der Waals surface area contributed by atoms with Crippen LogP contribution in [0.25, 0.3) is 0 Å². The van der Waals surface area contributed by atoms with Crippen LogP contribution in [-0.4, -0.2) is 17.4 Å². The highest BCUT2D eigenvalue weighted by molar-refractivity contribution is 5.79. The van der Waals surface area contributed by atoms with Crippen LogP contribution in [0.2, 0.25) is 0 Å². The number of anilines is 1. The van der Waals surface area contributed by atoms with E-state index in [0.29, 0.717) is 6.54 Å². The second kappa shape index (κ2) is 4.56. The van der Waals surface area contributed by atoms with Crippen LogP contribution < -0.4 is 5.73 Å². The predicted octanol–water partition coefficient (Wildman–Crippen LogP) is 2.03. The molecular weight excluding hydrogens is 200 g/mol. The number of likely N-dealkylation sites (tertiary alicyclic amines) is 1. The van der Waals surface area contributed by atoms with E-state index in [9.17, 15) is 4.79 Å². The molecular formula is C13H18N2O. The van der Waals surface area contributed by atoms with Gasteiger partial charge in [0.25, 0.3) is 0 Å². The summed E-state index contributed by atoms with van der Waals surface area (Å²) in [6.45, 7) is 3.61. The average Bonchev–Trinajstić information content (AvgIpc) is 2.28. The molecule has 1 aliphatic rings. The number of amides is 1. The highest BCUT2D eigenvalue weighted by Crippen LogP contribution is 2.19. The molecule has 3 heteroatoms. The van der Waals surface area contributed by atoms with E-state index in [1.54, 1.807) is 0 Å². The van der Waals surface area contributed by atoms with Crippen molar-refractivity contribution in [2.75, 3.05) is 12.3 Å². The van der Waals surface area contributed by atoms with Crippen LogP contribution in [0.5, 0.6) is 0 Å². The minimum atomic E-state index is 0.183. The van der Waals surface area contributed by atoms with Crippen LogP contribution in [0.4, 0.5) is 5.69 Å². The number of benzene rings is 1. The molecule has 1 saturated heterocycles. The van der Waals surface area contributed by atoms with Crippen molar-refractivity contribution in [1.29, 1.82) is 0 Å². The fourth-order valence-corrected chi connectivity index (χ4v) is 2.13. The largest absolute Gasteiger partial charge is 0.399 e.